The summed E-state index contributed by atoms with van der Waals surface area (Å²) >= 11 is 0. The number of nitrogens with two attached hydrogens (primary N) is 1. The predicted octanol–water partition coefficient (Wildman–Crippen LogP) is 1.14. The highest BCUT2D eigenvalue weighted by Crippen LogP contribution is 2.27. The van der Waals surface area contributed by atoms with E-state index in [1.807, 2.05) is 0 Å². The van der Waals surface area contributed by atoms with Gasteiger partial charge in [-0.2, -0.15) is 0 Å². The van der Waals surface area contributed by atoms with Crippen molar-refractivity contribution in [1.82, 2.24) is 5.32 Å². The zero-order valence-electron chi connectivity index (χ0n) is 11.1. The van der Waals surface area contributed by atoms with Crippen molar-refractivity contribution in [2.24, 2.45) is 5.73 Å². The Labute approximate surface area is 103 Å². The van der Waals surface area contributed by atoms with Gasteiger partial charge in [0.1, 0.15) is 5.60 Å². The van der Waals surface area contributed by atoms with Gasteiger partial charge >= 0.3 is 6.09 Å². The van der Waals surface area contributed by atoms with Crippen LogP contribution in [0.4, 0.5) is 4.79 Å². The molecule has 1 aliphatic rings. The van der Waals surface area contributed by atoms with Crippen molar-refractivity contribution in [1.29, 1.82) is 0 Å². The number of alkyl carbamates (subject to hydrolysis) is 1. The maximum atomic E-state index is 11.6. The molecular weight excluding hydrogens is 220 g/mol. The van der Waals surface area contributed by atoms with Gasteiger partial charge in [-0.25, -0.2) is 4.79 Å². The van der Waals surface area contributed by atoms with Gasteiger partial charge in [0.25, 0.3) is 0 Å². The molecule has 1 amide bonds. The molecule has 1 fully saturated rings. The van der Waals surface area contributed by atoms with Crippen molar-refractivity contribution in [2.45, 2.75) is 70.2 Å². The number of rotatable bonds is 1. The zero-order chi connectivity index (χ0) is 13.3. The van der Waals surface area contributed by atoms with E-state index in [1.165, 1.54) is 0 Å². The van der Waals surface area contributed by atoms with Crippen molar-refractivity contribution in [3.05, 3.63) is 0 Å². The van der Waals surface area contributed by atoms with E-state index < -0.39 is 17.3 Å². The molecule has 0 heterocycles. The maximum Gasteiger partial charge on any atom is 0.407 e. The molecule has 3 atom stereocenters. The molecule has 1 rings (SSSR count). The van der Waals surface area contributed by atoms with E-state index in [0.717, 1.165) is 19.3 Å². The second kappa shape index (κ2) is 4.82. The Bertz CT molecular complexity index is 284. The van der Waals surface area contributed by atoms with Gasteiger partial charge in [-0.1, -0.05) is 0 Å². The molecule has 0 aromatic rings. The third kappa shape index (κ3) is 3.85. The van der Waals surface area contributed by atoms with Gasteiger partial charge in [-0.3, -0.25) is 0 Å². The van der Waals surface area contributed by atoms with E-state index in [-0.39, 0.29) is 12.1 Å². The molecule has 0 radical (unpaired) electrons. The molecule has 100 valence electrons. The van der Waals surface area contributed by atoms with Crippen molar-refractivity contribution < 1.29 is 14.6 Å². The summed E-state index contributed by atoms with van der Waals surface area (Å²) in [6.07, 6.45) is 1.90. The lowest BCUT2D eigenvalue weighted by Crippen LogP contribution is -2.62. The molecule has 0 aliphatic heterocycles. The number of hydrogen-bond donors (Lipinski definition) is 3. The highest BCUT2D eigenvalue weighted by atomic mass is 16.6. The van der Waals surface area contributed by atoms with E-state index in [4.69, 9.17) is 10.5 Å². The first kappa shape index (κ1) is 14.3. The number of aliphatic hydroxyl groups is 1. The number of nitrogens with one attached hydrogen (secondary N) is 1. The van der Waals surface area contributed by atoms with E-state index in [1.54, 1.807) is 27.7 Å². The van der Waals surface area contributed by atoms with Crippen LogP contribution in [0, 0.1) is 0 Å². The second-order valence-corrected chi connectivity index (χ2v) is 5.96. The number of hydrogen-bond acceptors (Lipinski definition) is 4. The molecule has 5 nitrogen and oxygen atoms in total. The Balaban J connectivity index is 2.58. The molecule has 1 saturated carbocycles. The third-order valence-electron chi connectivity index (χ3n) is 3.16. The van der Waals surface area contributed by atoms with Crippen LogP contribution in [0.2, 0.25) is 0 Å². The topological polar surface area (TPSA) is 84.6 Å². The summed E-state index contributed by atoms with van der Waals surface area (Å²) in [4.78, 5) is 11.6. The molecule has 17 heavy (non-hydrogen) atoms. The average Bonchev–Trinajstić information content (AvgIpc) is 2.10. The Morgan fingerprint density at radius 1 is 1.47 bits per heavy atom. The van der Waals surface area contributed by atoms with Gasteiger partial charge < -0.3 is 20.9 Å². The summed E-state index contributed by atoms with van der Waals surface area (Å²) in [6.45, 7) is 7.07. The van der Waals surface area contributed by atoms with Crippen LogP contribution in [0.1, 0.15) is 47.0 Å². The number of ether oxygens (including phenoxy) is 1. The zero-order valence-corrected chi connectivity index (χ0v) is 11.1. The molecule has 1 aliphatic carbocycles. The summed E-state index contributed by atoms with van der Waals surface area (Å²) in [5, 5.41) is 13.0. The van der Waals surface area contributed by atoms with Crippen LogP contribution in [0.5, 0.6) is 0 Å². The highest BCUT2D eigenvalue weighted by molar-refractivity contribution is 5.68. The summed E-state index contributed by atoms with van der Waals surface area (Å²) in [5.41, 5.74) is 4.25. The first-order valence-electron chi connectivity index (χ1n) is 6.10. The van der Waals surface area contributed by atoms with E-state index >= 15 is 0 Å². The van der Waals surface area contributed by atoms with Gasteiger partial charge in [-0.15, -0.1) is 0 Å². The number of carbonyl (C=O) groups excluding carboxylic acids is 1. The molecule has 0 bridgehead atoms. The van der Waals surface area contributed by atoms with Crippen LogP contribution in [0.25, 0.3) is 0 Å². The quantitative estimate of drug-likeness (QED) is 0.646. The van der Waals surface area contributed by atoms with Crippen molar-refractivity contribution in [3.8, 4) is 0 Å². The highest BCUT2D eigenvalue weighted by Gasteiger charge is 2.41. The summed E-state index contributed by atoms with van der Waals surface area (Å²) in [5.74, 6) is 0. The third-order valence-corrected chi connectivity index (χ3v) is 3.16. The smallest absolute Gasteiger partial charge is 0.407 e. The fourth-order valence-electron chi connectivity index (χ4n) is 2.05. The van der Waals surface area contributed by atoms with Crippen molar-refractivity contribution >= 4 is 6.09 Å². The number of carbonyl (C=O) groups is 1. The average molecular weight is 244 g/mol. The summed E-state index contributed by atoms with van der Waals surface area (Å²) in [6, 6.07) is -0.655. The van der Waals surface area contributed by atoms with Gasteiger partial charge in [0.05, 0.1) is 11.6 Å². The van der Waals surface area contributed by atoms with E-state index in [0.29, 0.717) is 0 Å². The molecule has 0 unspecified atom stereocenters. The molecule has 4 N–H and O–H groups in total. The minimum absolute atomic E-state index is 0.309. The first-order chi connectivity index (χ1) is 7.63. The lowest BCUT2D eigenvalue weighted by Gasteiger charge is -2.42. The number of amides is 1. The minimum atomic E-state index is -1.07. The Hall–Kier alpha value is -0.810. The van der Waals surface area contributed by atoms with Gasteiger partial charge in [0.2, 0.25) is 0 Å². The summed E-state index contributed by atoms with van der Waals surface area (Å²) < 4.78 is 5.17. The van der Waals surface area contributed by atoms with Crippen molar-refractivity contribution in [2.75, 3.05) is 0 Å². The van der Waals surface area contributed by atoms with Crippen LogP contribution >= 0.6 is 0 Å². The van der Waals surface area contributed by atoms with E-state index in [9.17, 15) is 9.90 Å². The van der Waals surface area contributed by atoms with Crippen LogP contribution in [-0.4, -0.2) is 34.5 Å². The fourth-order valence-corrected chi connectivity index (χ4v) is 2.05. The molecular formula is C12H24N2O3. The van der Waals surface area contributed by atoms with Crippen molar-refractivity contribution in [3.63, 3.8) is 0 Å². The molecule has 0 saturated heterocycles. The largest absolute Gasteiger partial charge is 0.444 e. The van der Waals surface area contributed by atoms with Gasteiger partial charge in [-0.05, 0) is 47.0 Å². The van der Waals surface area contributed by atoms with Crippen LogP contribution in [0.15, 0.2) is 0 Å². The Morgan fingerprint density at radius 3 is 2.59 bits per heavy atom. The normalized spacial score (nSPS) is 34.2. The summed E-state index contributed by atoms with van der Waals surface area (Å²) in [7, 11) is 0. The molecule has 0 aromatic carbocycles. The molecule has 5 heteroatoms. The lowest BCUT2D eigenvalue weighted by molar-refractivity contribution is -0.0314. The van der Waals surface area contributed by atoms with Gasteiger partial charge in [0, 0.05) is 6.04 Å². The van der Waals surface area contributed by atoms with Crippen LogP contribution < -0.4 is 11.1 Å². The van der Waals surface area contributed by atoms with E-state index in [2.05, 4.69) is 5.32 Å². The van der Waals surface area contributed by atoms with Crippen LogP contribution in [-0.2, 0) is 4.74 Å². The predicted molar refractivity (Wildman–Crippen MR) is 65.6 cm³/mol. The van der Waals surface area contributed by atoms with Gasteiger partial charge in [0.15, 0.2) is 0 Å². The Morgan fingerprint density at radius 2 is 2.06 bits per heavy atom. The molecule has 0 spiro atoms. The molecule has 0 aromatic heterocycles. The lowest BCUT2D eigenvalue weighted by atomic mass is 9.78. The van der Waals surface area contributed by atoms with Crippen LogP contribution in [0.3, 0.4) is 0 Å². The standard InChI is InChI=1S/C12H24N2O3/c1-11(2,3)17-10(15)14-9-7-5-6-8(13)12(9,4)16/h8-9,16H,5-7,13H2,1-4H3,(H,14,15)/t8-,9+,12-/m1/s1. The second-order valence-electron chi connectivity index (χ2n) is 5.96. The SMILES string of the molecule is CC(C)(C)OC(=O)N[C@H]1CCC[C@@H](N)[C@@]1(C)O. The Kier molecular flexibility index (Phi) is 4.04. The maximum absolute atomic E-state index is 11.6. The monoisotopic (exact) mass is 244 g/mol. The first-order valence-corrected chi connectivity index (χ1v) is 6.10. The fraction of sp³-hybridized carbons (Fsp3) is 0.917. The minimum Gasteiger partial charge on any atom is -0.444 e.